The molecule has 0 fully saturated rings. The van der Waals surface area contributed by atoms with E-state index in [2.05, 4.69) is 0 Å². The highest BCUT2D eigenvalue weighted by Crippen LogP contribution is 2.37. The van der Waals surface area contributed by atoms with Crippen LogP contribution in [0.4, 0.5) is 11.4 Å². The van der Waals surface area contributed by atoms with Crippen molar-refractivity contribution in [3.63, 3.8) is 0 Å². The van der Waals surface area contributed by atoms with Gasteiger partial charge in [0.1, 0.15) is 0 Å². The molecular formula is C12H21N3O2. The van der Waals surface area contributed by atoms with Crippen molar-refractivity contribution in [2.24, 2.45) is 5.73 Å². The molecule has 3 atom stereocenters. The number of hydrogen-bond acceptors (Lipinski definition) is 5. The van der Waals surface area contributed by atoms with Crippen molar-refractivity contribution in [1.82, 2.24) is 0 Å². The van der Waals surface area contributed by atoms with Crippen LogP contribution in [0.2, 0.25) is 0 Å². The number of anilines is 2. The van der Waals surface area contributed by atoms with Crippen LogP contribution in [0.15, 0.2) is 6.07 Å². The van der Waals surface area contributed by atoms with Crippen LogP contribution in [0.25, 0.3) is 0 Å². The second-order valence-electron chi connectivity index (χ2n) is 4.44. The molecule has 0 saturated heterocycles. The third kappa shape index (κ3) is 2.52. The Hall–Kier alpha value is -1.30. The smallest absolute Gasteiger partial charge is 0.0786 e. The Balaban J connectivity index is 3.59. The first-order valence-corrected chi connectivity index (χ1v) is 5.60. The van der Waals surface area contributed by atoms with Gasteiger partial charge in [0, 0.05) is 28.5 Å². The SMILES string of the molecule is CC(N)c1c(N)cc(C(C)O)c(N)c1C(C)O. The number of aliphatic hydroxyl groups excluding tert-OH is 2. The predicted octanol–water partition coefficient (Wildman–Crippen LogP) is 0.977. The molecule has 5 heteroatoms. The zero-order chi connectivity index (χ0) is 13.3. The Morgan fingerprint density at radius 3 is 1.88 bits per heavy atom. The third-order valence-corrected chi connectivity index (χ3v) is 2.84. The molecule has 8 N–H and O–H groups in total. The second-order valence-corrected chi connectivity index (χ2v) is 4.44. The van der Waals surface area contributed by atoms with Crippen molar-refractivity contribution in [3.8, 4) is 0 Å². The zero-order valence-electron chi connectivity index (χ0n) is 10.4. The van der Waals surface area contributed by atoms with Gasteiger partial charge in [-0.15, -0.1) is 0 Å². The molecule has 0 spiro atoms. The van der Waals surface area contributed by atoms with E-state index in [1.54, 1.807) is 26.8 Å². The normalized spacial score (nSPS) is 16.6. The summed E-state index contributed by atoms with van der Waals surface area (Å²) in [6.07, 6.45) is -1.52. The summed E-state index contributed by atoms with van der Waals surface area (Å²) in [5, 5.41) is 19.4. The Morgan fingerprint density at radius 2 is 1.53 bits per heavy atom. The largest absolute Gasteiger partial charge is 0.398 e. The Kier molecular flexibility index (Phi) is 3.98. The van der Waals surface area contributed by atoms with Gasteiger partial charge in [-0.05, 0) is 32.4 Å². The molecule has 1 aromatic carbocycles. The summed E-state index contributed by atoms with van der Waals surface area (Å²) >= 11 is 0. The molecule has 0 amide bonds. The van der Waals surface area contributed by atoms with E-state index in [1.165, 1.54) is 0 Å². The topological polar surface area (TPSA) is 119 Å². The molecule has 0 aliphatic rings. The first-order chi connectivity index (χ1) is 7.77. The molecule has 0 aliphatic carbocycles. The molecule has 17 heavy (non-hydrogen) atoms. The van der Waals surface area contributed by atoms with E-state index in [9.17, 15) is 10.2 Å². The number of hydrogen-bond donors (Lipinski definition) is 5. The van der Waals surface area contributed by atoms with E-state index in [0.717, 1.165) is 0 Å². The van der Waals surface area contributed by atoms with Crippen LogP contribution >= 0.6 is 0 Å². The van der Waals surface area contributed by atoms with E-state index < -0.39 is 12.2 Å². The van der Waals surface area contributed by atoms with Crippen molar-refractivity contribution >= 4 is 11.4 Å². The fourth-order valence-electron chi connectivity index (χ4n) is 2.08. The van der Waals surface area contributed by atoms with Gasteiger partial charge in [-0.2, -0.15) is 0 Å². The van der Waals surface area contributed by atoms with Gasteiger partial charge >= 0.3 is 0 Å². The number of nitrogen functional groups attached to an aromatic ring is 2. The average Bonchev–Trinajstić information content (AvgIpc) is 2.18. The summed E-state index contributed by atoms with van der Waals surface area (Å²) in [5.74, 6) is 0. The van der Waals surface area contributed by atoms with Gasteiger partial charge in [-0.1, -0.05) is 0 Å². The van der Waals surface area contributed by atoms with E-state index in [0.29, 0.717) is 28.1 Å². The number of rotatable bonds is 3. The monoisotopic (exact) mass is 239 g/mol. The van der Waals surface area contributed by atoms with Crippen molar-refractivity contribution in [1.29, 1.82) is 0 Å². The van der Waals surface area contributed by atoms with E-state index in [-0.39, 0.29) is 6.04 Å². The highest BCUT2D eigenvalue weighted by atomic mass is 16.3. The summed E-state index contributed by atoms with van der Waals surface area (Å²) in [6.45, 7) is 4.98. The summed E-state index contributed by atoms with van der Waals surface area (Å²) in [6, 6.07) is 1.29. The van der Waals surface area contributed by atoms with Crippen LogP contribution in [-0.2, 0) is 0 Å². The molecule has 0 aliphatic heterocycles. The standard InChI is InChI=1S/C12H21N3O2/c1-5(13)10-9(14)4-8(6(2)16)12(15)11(10)7(3)17/h4-7,16-17H,13-15H2,1-3H3. The van der Waals surface area contributed by atoms with Gasteiger partial charge in [-0.3, -0.25) is 0 Å². The summed E-state index contributed by atoms with van der Waals surface area (Å²) in [5.41, 5.74) is 20.2. The number of aliphatic hydroxyl groups is 2. The lowest BCUT2D eigenvalue weighted by atomic mass is 9.90. The minimum Gasteiger partial charge on any atom is -0.398 e. The summed E-state index contributed by atoms with van der Waals surface area (Å²) < 4.78 is 0. The van der Waals surface area contributed by atoms with Crippen LogP contribution in [0.5, 0.6) is 0 Å². The van der Waals surface area contributed by atoms with Crippen molar-refractivity contribution in [2.45, 2.75) is 39.0 Å². The molecule has 1 rings (SSSR count). The quantitative estimate of drug-likeness (QED) is 0.504. The van der Waals surface area contributed by atoms with Gasteiger partial charge < -0.3 is 27.4 Å². The lowest BCUT2D eigenvalue weighted by Gasteiger charge is -2.23. The summed E-state index contributed by atoms with van der Waals surface area (Å²) in [7, 11) is 0. The molecule has 0 bridgehead atoms. The molecule has 96 valence electrons. The maximum Gasteiger partial charge on any atom is 0.0786 e. The van der Waals surface area contributed by atoms with E-state index >= 15 is 0 Å². The molecule has 0 heterocycles. The zero-order valence-corrected chi connectivity index (χ0v) is 10.4. The fraction of sp³-hybridized carbons (Fsp3) is 0.500. The van der Waals surface area contributed by atoms with E-state index in [4.69, 9.17) is 17.2 Å². The highest BCUT2D eigenvalue weighted by molar-refractivity contribution is 5.68. The first-order valence-electron chi connectivity index (χ1n) is 5.60. The molecule has 5 nitrogen and oxygen atoms in total. The molecule has 1 aromatic rings. The second kappa shape index (κ2) is 4.91. The molecule has 0 radical (unpaired) electrons. The number of nitrogens with two attached hydrogens (primary N) is 3. The Labute approximate surface area is 101 Å². The first kappa shape index (κ1) is 13.8. The third-order valence-electron chi connectivity index (χ3n) is 2.84. The van der Waals surface area contributed by atoms with Crippen molar-refractivity contribution in [3.05, 3.63) is 22.8 Å². The maximum absolute atomic E-state index is 9.79. The Bertz CT molecular complexity index is 415. The number of benzene rings is 1. The van der Waals surface area contributed by atoms with Gasteiger partial charge in [0.2, 0.25) is 0 Å². The fourth-order valence-corrected chi connectivity index (χ4v) is 2.08. The molecular weight excluding hydrogens is 218 g/mol. The Morgan fingerprint density at radius 1 is 1.00 bits per heavy atom. The summed E-state index contributed by atoms with van der Waals surface area (Å²) in [4.78, 5) is 0. The highest BCUT2D eigenvalue weighted by Gasteiger charge is 2.22. The minimum atomic E-state index is -0.781. The van der Waals surface area contributed by atoms with Crippen molar-refractivity contribution < 1.29 is 10.2 Å². The molecule has 3 unspecified atom stereocenters. The average molecular weight is 239 g/mol. The van der Waals surface area contributed by atoms with Gasteiger partial charge in [-0.25, -0.2) is 0 Å². The van der Waals surface area contributed by atoms with Gasteiger partial charge in [0.05, 0.1) is 12.2 Å². The predicted molar refractivity (Wildman–Crippen MR) is 69.1 cm³/mol. The van der Waals surface area contributed by atoms with Crippen LogP contribution in [0, 0.1) is 0 Å². The van der Waals surface area contributed by atoms with Crippen LogP contribution in [0.3, 0.4) is 0 Å². The molecule has 0 aromatic heterocycles. The lowest BCUT2D eigenvalue weighted by Crippen LogP contribution is -2.17. The minimum absolute atomic E-state index is 0.329. The van der Waals surface area contributed by atoms with E-state index in [1.807, 2.05) is 0 Å². The maximum atomic E-state index is 9.79. The van der Waals surface area contributed by atoms with Crippen LogP contribution < -0.4 is 17.2 Å². The van der Waals surface area contributed by atoms with Crippen LogP contribution in [0.1, 0.15) is 55.7 Å². The van der Waals surface area contributed by atoms with Gasteiger partial charge in [0.25, 0.3) is 0 Å². The lowest BCUT2D eigenvalue weighted by molar-refractivity contribution is 0.193. The van der Waals surface area contributed by atoms with Gasteiger partial charge in [0.15, 0.2) is 0 Å². The molecule has 0 saturated carbocycles. The van der Waals surface area contributed by atoms with Crippen LogP contribution in [-0.4, -0.2) is 10.2 Å². The van der Waals surface area contributed by atoms with Crippen molar-refractivity contribution in [2.75, 3.05) is 11.5 Å².